The summed E-state index contributed by atoms with van der Waals surface area (Å²) in [6.45, 7) is 1.97. The summed E-state index contributed by atoms with van der Waals surface area (Å²) in [5.41, 5.74) is 1.75. The molecular weight excluding hydrogens is 406 g/mol. The first-order valence-electron chi connectivity index (χ1n) is 7.23. The van der Waals surface area contributed by atoms with Crippen LogP contribution in [-0.2, 0) is 4.79 Å². The van der Waals surface area contributed by atoms with Gasteiger partial charge in [0.05, 0.1) is 14.7 Å². The average molecular weight is 423 g/mol. The third-order valence-electron chi connectivity index (χ3n) is 4.30. The Morgan fingerprint density at radius 1 is 1.00 bits per heavy atom. The summed E-state index contributed by atoms with van der Waals surface area (Å²) in [6, 6.07) is 20.0. The highest BCUT2D eigenvalue weighted by molar-refractivity contribution is 9.25. The second kappa shape index (κ2) is 5.82. The van der Waals surface area contributed by atoms with Gasteiger partial charge in [0.2, 0.25) is 5.91 Å². The van der Waals surface area contributed by atoms with Crippen molar-refractivity contribution >= 4 is 37.8 Å². The summed E-state index contributed by atoms with van der Waals surface area (Å²) in [5, 5.41) is 3.21. The van der Waals surface area contributed by atoms with Crippen LogP contribution in [0, 0.1) is 5.41 Å². The molecule has 0 radical (unpaired) electrons. The Morgan fingerprint density at radius 3 is 1.77 bits per heavy atom. The maximum atomic E-state index is 12.7. The van der Waals surface area contributed by atoms with Gasteiger partial charge in [0.1, 0.15) is 0 Å². The van der Waals surface area contributed by atoms with E-state index in [-0.39, 0.29) is 15.2 Å². The smallest absolute Gasteiger partial charge is 0.229 e. The Hall–Kier alpha value is -1.13. The minimum absolute atomic E-state index is 0.0546. The Labute approximate surface area is 147 Å². The van der Waals surface area contributed by atoms with Crippen LogP contribution in [0.4, 0.5) is 0 Å². The van der Waals surface area contributed by atoms with E-state index in [2.05, 4.69) is 37.2 Å². The van der Waals surface area contributed by atoms with Crippen molar-refractivity contribution in [3.63, 3.8) is 0 Å². The van der Waals surface area contributed by atoms with Crippen LogP contribution in [-0.4, -0.2) is 9.14 Å². The predicted octanol–water partition coefficient (Wildman–Crippen LogP) is 4.79. The summed E-state index contributed by atoms with van der Waals surface area (Å²) >= 11 is 7.14. The topological polar surface area (TPSA) is 29.1 Å². The van der Waals surface area contributed by atoms with Gasteiger partial charge >= 0.3 is 0 Å². The van der Waals surface area contributed by atoms with Crippen LogP contribution >= 0.6 is 31.9 Å². The molecule has 4 heteroatoms. The van der Waals surface area contributed by atoms with Crippen LogP contribution in [0.1, 0.15) is 30.5 Å². The van der Waals surface area contributed by atoms with Crippen molar-refractivity contribution < 1.29 is 4.79 Å². The number of hydrogen-bond donors (Lipinski definition) is 1. The van der Waals surface area contributed by atoms with Crippen LogP contribution in [0.3, 0.4) is 0 Å². The third-order valence-corrected chi connectivity index (χ3v) is 6.61. The van der Waals surface area contributed by atoms with E-state index in [0.29, 0.717) is 0 Å². The van der Waals surface area contributed by atoms with Gasteiger partial charge in [-0.15, -0.1) is 0 Å². The maximum absolute atomic E-state index is 12.7. The molecule has 1 saturated carbocycles. The van der Waals surface area contributed by atoms with E-state index in [9.17, 15) is 4.79 Å². The van der Waals surface area contributed by atoms with E-state index < -0.39 is 5.41 Å². The fourth-order valence-electron chi connectivity index (χ4n) is 2.59. The molecule has 1 atom stereocenters. The molecule has 22 heavy (non-hydrogen) atoms. The second-order valence-corrected chi connectivity index (χ2v) is 9.71. The van der Waals surface area contributed by atoms with Crippen LogP contribution < -0.4 is 5.32 Å². The molecule has 1 aliphatic rings. The second-order valence-electron chi connectivity index (χ2n) is 5.94. The summed E-state index contributed by atoms with van der Waals surface area (Å²) in [4.78, 5) is 12.7. The summed E-state index contributed by atoms with van der Waals surface area (Å²) in [6.07, 6.45) is 0.780. The van der Waals surface area contributed by atoms with Crippen LogP contribution in [0.25, 0.3) is 0 Å². The van der Waals surface area contributed by atoms with E-state index in [1.54, 1.807) is 0 Å². The van der Waals surface area contributed by atoms with E-state index in [4.69, 9.17) is 0 Å². The van der Waals surface area contributed by atoms with Gasteiger partial charge in [0, 0.05) is 0 Å². The molecule has 0 heterocycles. The number of carbonyl (C=O) groups excluding carboxylic acids is 1. The fourth-order valence-corrected chi connectivity index (χ4v) is 4.07. The van der Waals surface area contributed by atoms with Gasteiger partial charge in [-0.3, -0.25) is 4.79 Å². The number of nitrogens with one attached hydrogen (secondary N) is 1. The zero-order chi connectivity index (χ0) is 15.8. The molecular formula is C18H17Br2NO. The molecule has 2 aromatic carbocycles. The molecule has 1 amide bonds. The monoisotopic (exact) mass is 421 g/mol. The molecule has 0 aromatic heterocycles. The standard InChI is InChI=1S/C18H17Br2NO/c1-17(12-18(17,19)20)16(22)21-15(13-8-4-2-5-9-13)14-10-6-3-7-11-14/h2-11,15H,12H2,1H3,(H,21,22). The van der Waals surface area contributed by atoms with Crippen molar-refractivity contribution in [2.75, 3.05) is 0 Å². The average Bonchev–Trinajstić information content (AvgIpc) is 3.06. The number of alkyl halides is 2. The van der Waals surface area contributed by atoms with Crippen LogP contribution in [0.15, 0.2) is 60.7 Å². The van der Waals surface area contributed by atoms with Gasteiger partial charge in [0.15, 0.2) is 0 Å². The molecule has 1 aliphatic carbocycles. The third kappa shape index (κ3) is 2.86. The van der Waals surface area contributed by atoms with E-state index in [0.717, 1.165) is 17.5 Å². The summed E-state index contributed by atoms with van der Waals surface area (Å²) in [7, 11) is 0. The Balaban J connectivity index is 1.89. The maximum Gasteiger partial charge on any atom is 0.229 e. The lowest BCUT2D eigenvalue weighted by atomic mass is 9.97. The number of rotatable bonds is 4. The van der Waals surface area contributed by atoms with Gasteiger partial charge in [-0.1, -0.05) is 92.5 Å². The van der Waals surface area contributed by atoms with Gasteiger partial charge in [-0.05, 0) is 24.5 Å². The molecule has 1 N–H and O–H groups in total. The quantitative estimate of drug-likeness (QED) is 0.705. The first kappa shape index (κ1) is 15.8. The van der Waals surface area contributed by atoms with Gasteiger partial charge in [-0.2, -0.15) is 0 Å². The fraction of sp³-hybridized carbons (Fsp3) is 0.278. The van der Waals surface area contributed by atoms with Gasteiger partial charge in [0.25, 0.3) is 0 Å². The number of benzene rings is 2. The van der Waals surface area contributed by atoms with E-state index in [1.807, 2.05) is 67.6 Å². The number of hydrogen-bond acceptors (Lipinski definition) is 1. The lowest BCUT2D eigenvalue weighted by molar-refractivity contribution is -0.126. The molecule has 0 spiro atoms. The Bertz CT molecular complexity index is 633. The lowest BCUT2D eigenvalue weighted by Crippen LogP contribution is -2.36. The number of amides is 1. The SMILES string of the molecule is CC1(C(=O)NC(c2ccccc2)c2ccccc2)CC1(Br)Br. The van der Waals surface area contributed by atoms with Crippen molar-refractivity contribution in [2.24, 2.45) is 5.41 Å². The lowest BCUT2D eigenvalue weighted by Gasteiger charge is -2.23. The first-order valence-corrected chi connectivity index (χ1v) is 8.81. The normalized spacial score (nSPS) is 22.4. The zero-order valence-corrected chi connectivity index (χ0v) is 15.4. The van der Waals surface area contributed by atoms with Crippen molar-refractivity contribution in [3.8, 4) is 0 Å². The minimum Gasteiger partial charge on any atom is -0.345 e. The zero-order valence-electron chi connectivity index (χ0n) is 12.2. The van der Waals surface area contributed by atoms with Gasteiger partial charge < -0.3 is 5.32 Å². The van der Waals surface area contributed by atoms with Crippen molar-refractivity contribution in [3.05, 3.63) is 71.8 Å². The van der Waals surface area contributed by atoms with Crippen molar-refractivity contribution in [1.82, 2.24) is 5.32 Å². The molecule has 0 aliphatic heterocycles. The van der Waals surface area contributed by atoms with Crippen LogP contribution in [0.2, 0.25) is 0 Å². The van der Waals surface area contributed by atoms with Crippen molar-refractivity contribution in [1.29, 1.82) is 0 Å². The highest BCUT2D eigenvalue weighted by Crippen LogP contribution is 2.66. The van der Waals surface area contributed by atoms with E-state index >= 15 is 0 Å². The molecule has 2 aromatic rings. The molecule has 0 saturated heterocycles. The Kier molecular flexibility index (Phi) is 4.17. The molecule has 114 valence electrons. The molecule has 2 nitrogen and oxygen atoms in total. The molecule has 1 fully saturated rings. The molecule has 3 rings (SSSR count). The van der Waals surface area contributed by atoms with Crippen molar-refractivity contribution in [2.45, 2.75) is 22.6 Å². The molecule has 0 bridgehead atoms. The highest BCUT2D eigenvalue weighted by Gasteiger charge is 2.66. The summed E-state index contributed by atoms with van der Waals surface area (Å²) < 4.78 is -0.283. The number of halogens is 2. The Morgan fingerprint density at radius 2 is 1.41 bits per heavy atom. The van der Waals surface area contributed by atoms with E-state index in [1.165, 1.54) is 0 Å². The predicted molar refractivity (Wildman–Crippen MR) is 96.2 cm³/mol. The molecule has 1 unspecified atom stereocenters. The van der Waals surface area contributed by atoms with Crippen LogP contribution in [0.5, 0.6) is 0 Å². The number of carbonyl (C=O) groups is 1. The first-order chi connectivity index (χ1) is 10.4. The minimum atomic E-state index is -0.422. The largest absolute Gasteiger partial charge is 0.345 e. The summed E-state index contributed by atoms with van der Waals surface area (Å²) in [5.74, 6) is 0.0546. The van der Waals surface area contributed by atoms with Gasteiger partial charge in [-0.25, -0.2) is 0 Å². The highest BCUT2D eigenvalue weighted by atomic mass is 79.9.